The number of fused-ring (bicyclic) bond motifs is 3. The molecule has 7 aromatic carbocycles. The minimum Gasteiger partial charge on any atom is -0.346 e. The van der Waals surface area contributed by atoms with Crippen LogP contribution in [0.4, 0.5) is 5.82 Å². The van der Waals surface area contributed by atoms with Gasteiger partial charge in [0.05, 0.1) is 22.6 Å². The highest BCUT2D eigenvalue weighted by atomic mass is 28.3. The Balaban J connectivity index is 1.12. The molecule has 10 rings (SSSR count). The van der Waals surface area contributed by atoms with E-state index >= 15 is 0 Å². The molecule has 0 unspecified atom stereocenters. The Kier molecular flexibility index (Phi) is 9.29. The molecule has 5 nitrogen and oxygen atoms in total. The highest BCUT2D eigenvalue weighted by molar-refractivity contribution is 7.19. The smallest absolute Gasteiger partial charge is 0.179 e. The van der Waals surface area contributed by atoms with Crippen molar-refractivity contribution in [3.05, 3.63) is 230 Å². The summed E-state index contributed by atoms with van der Waals surface area (Å²) in [7, 11) is -2.71. The lowest BCUT2D eigenvalue weighted by Crippen LogP contribution is -2.74. The second kappa shape index (κ2) is 15.3. The molecule has 9 aromatic rings. The summed E-state index contributed by atoms with van der Waals surface area (Å²) in [4.78, 5) is 9.93. The Morgan fingerprint density at radius 3 is 1.61 bits per heavy atom. The quantitative estimate of drug-likeness (QED) is 0.114. The standard InChI is InChI=1S/C53H39N5Si/c54-48-35-34-46-45-28-16-17-29-50(45)58(52(46)47(48)37-55-51-36-49(38-18-6-1-7-19-38)56-53(57-51)39-20-8-2-9-21-39)40-30-32-44(33-31-40)59(41-22-10-3-11-23-41,42-24-12-4-13-25-42)43-26-14-5-15-27-43/h1-37,54H,(H,55,56,57)/b47-37+,54-48?. The van der Waals surface area contributed by atoms with Crippen molar-refractivity contribution in [1.82, 2.24) is 14.5 Å². The summed E-state index contributed by atoms with van der Waals surface area (Å²) < 4.78 is 2.31. The van der Waals surface area contributed by atoms with Crippen LogP contribution in [0.25, 0.3) is 50.9 Å². The maximum absolute atomic E-state index is 9.29. The van der Waals surface area contributed by atoms with Crippen molar-refractivity contribution >= 4 is 62.9 Å². The van der Waals surface area contributed by atoms with Gasteiger partial charge in [0.2, 0.25) is 0 Å². The second-order valence-corrected chi connectivity index (χ2v) is 18.5. The van der Waals surface area contributed by atoms with Gasteiger partial charge < -0.3 is 15.3 Å². The number of nitrogens with one attached hydrogen (secondary N) is 2. The molecule has 0 atom stereocenters. The summed E-state index contributed by atoms with van der Waals surface area (Å²) in [5.74, 6) is 1.27. The van der Waals surface area contributed by atoms with Crippen molar-refractivity contribution < 1.29 is 0 Å². The van der Waals surface area contributed by atoms with E-state index in [0.29, 0.717) is 17.4 Å². The molecule has 2 heterocycles. The summed E-state index contributed by atoms with van der Waals surface area (Å²) in [6.07, 6.45) is 5.89. The van der Waals surface area contributed by atoms with E-state index in [1.54, 1.807) is 0 Å². The van der Waals surface area contributed by atoms with E-state index in [9.17, 15) is 5.41 Å². The van der Waals surface area contributed by atoms with Crippen LogP contribution in [0.2, 0.25) is 0 Å². The van der Waals surface area contributed by atoms with E-state index in [0.717, 1.165) is 50.2 Å². The first kappa shape index (κ1) is 35.7. The first-order chi connectivity index (χ1) is 29.2. The number of nitrogens with zero attached hydrogens (tertiary/aromatic N) is 3. The van der Waals surface area contributed by atoms with Gasteiger partial charge >= 0.3 is 0 Å². The molecule has 2 N–H and O–H groups in total. The van der Waals surface area contributed by atoms with E-state index in [1.807, 2.05) is 66.9 Å². The third kappa shape index (κ3) is 6.42. The van der Waals surface area contributed by atoms with Crippen LogP contribution >= 0.6 is 0 Å². The fourth-order valence-corrected chi connectivity index (χ4v) is 13.3. The third-order valence-corrected chi connectivity index (χ3v) is 16.0. The predicted octanol–water partition coefficient (Wildman–Crippen LogP) is 9.63. The predicted molar refractivity (Wildman–Crippen MR) is 248 cm³/mol. The summed E-state index contributed by atoms with van der Waals surface area (Å²) in [6.45, 7) is 0. The molecule has 0 saturated carbocycles. The van der Waals surface area contributed by atoms with Crippen molar-refractivity contribution in [2.24, 2.45) is 0 Å². The van der Waals surface area contributed by atoms with Gasteiger partial charge in [0.15, 0.2) is 13.9 Å². The average Bonchev–Trinajstić information content (AvgIpc) is 3.65. The zero-order valence-electron chi connectivity index (χ0n) is 32.2. The van der Waals surface area contributed by atoms with Crippen LogP contribution in [0.3, 0.4) is 0 Å². The molecule has 0 aliphatic heterocycles. The first-order valence-electron chi connectivity index (χ1n) is 19.8. The van der Waals surface area contributed by atoms with Crippen LogP contribution < -0.4 is 26.1 Å². The first-order valence-corrected chi connectivity index (χ1v) is 21.8. The highest BCUT2D eigenvalue weighted by Gasteiger charge is 2.41. The lowest BCUT2D eigenvalue weighted by molar-refractivity contribution is 1.10. The van der Waals surface area contributed by atoms with Gasteiger partial charge in [-0.05, 0) is 45.0 Å². The second-order valence-electron chi connectivity index (χ2n) is 14.7. The summed E-state index contributed by atoms with van der Waals surface area (Å²) in [5, 5.41) is 19.2. The Bertz CT molecular complexity index is 2840. The van der Waals surface area contributed by atoms with Gasteiger partial charge in [-0.3, -0.25) is 0 Å². The van der Waals surface area contributed by atoms with E-state index < -0.39 is 8.07 Å². The Morgan fingerprint density at radius 2 is 1.02 bits per heavy atom. The minimum absolute atomic E-state index is 0.412. The van der Waals surface area contributed by atoms with Crippen LogP contribution in [0.1, 0.15) is 11.3 Å². The Hall–Kier alpha value is -7.67. The van der Waals surface area contributed by atoms with Crippen LogP contribution in [-0.4, -0.2) is 28.3 Å². The number of rotatable bonds is 9. The summed E-state index contributed by atoms with van der Waals surface area (Å²) in [6, 6.07) is 72.9. The van der Waals surface area contributed by atoms with Crippen LogP contribution in [0.5, 0.6) is 0 Å². The maximum atomic E-state index is 9.29. The molecule has 2 aromatic heterocycles. The molecule has 0 radical (unpaired) electrons. The molecule has 6 heteroatoms. The van der Waals surface area contributed by atoms with E-state index in [4.69, 9.17) is 9.97 Å². The zero-order chi connectivity index (χ0) is 39.6. The highest BCUT2D eigenvalue weighted by Crippen LogP contribution is 2.38. The van der Waals surface area contributed by atoms with E-state index in [1.165, 1.54) is 20.7 Å². The van der Waals surface area contributed by atoms with Crippen LogP contribution in [0.15, 0.2) is 219 Å². The summed E-state index contributed by atoms with van der Waals surface area (Å²) >= 11 is 0. The number of hydrogen-bond acceptors (Lipinski definition) is 4. The molecule has 0 spiro atoms. The molecule has 0 amide bonds. The van der Waals surface area contributed by atoms with Crippen molar-refractivity contribution in [2.75, 3.05) is 5.32 Å². The van der Waals surface area contributed by atoms with Crippen molar-refractivity contribution in [3.63, 3.8) is 0 Å². The van der Waals surface area contributed by atoms with Crippen LogP contribution in [0, 0.1) is 5.41 Å². The van der Waals surface area contributed by atoms with Crippen molar-refractivity contribution in [3.8, 4) is 28.3 Å². The molecule has 1 aliphatic rings. The van der Waals surface area contributed by atoms with Gasteiger partial charge in [0, 0.05) is 45.6 Å². The number of allylic oxidation sites excluding steroid dienone is 2. The monoisotopic (exact) mass is 773 g/mol. The lowest BCUT2D eigenvalue weighted by Gasteiger charge is -2.34. The van der Waals surface area contributed by atoms with Crippen molar-refractivity contribution in [1.29, 1.82) is 5.41 Å². The topological polar surface area (TPSA) is 66.6 Å². The molecule has 59 heavy (non-hydrogen) atoms. The number of hydrogen-bond donors (Lipinski definition) is 2. The maximum Gasteiger partial charge on any atom is 0.179 e. The molecule has 1 aliphatic carbocycles. The molecule has 0 fully saturated rings. The Labute approximate surface area is 344 Å². The summed E-state index contributed by atoms with van der Waals surface area (Å²) in [5.41, 5.74) is 8.06. The number of benzene rings is 7. The number of para-hydroxylation sites is 1. The largest absolute Gasteiger partial charge is 0.346 e. The molecule has 0 saturated heterocycles. The molecular weight excluding hydrogens is 735 g/mol. The van der Waals surface area contributed by atoms with Gasteiger partial charge in [-0.15, -0.1) is 0 Å². The lowest BCUT2D eigenvalue weighted by atomic mass is 9.96. The normalized spacial score (nSPS) is 13.1. The fraction of sp³-hybridized carbons (Fsp3) is 0. The van der Waals surface area contributed by atoms with E-state index in [2.05, 4.69) is 168 Å². The number of aromatic nitrogens is 3. The zero-order valence-corrected chi connectivity index (χ0v) is 33.2. The molecular formula is C53H39N5Si. The minimum atomic E-state index is -2.71. The van der Waals surface area contributed by atoms with Crippen molar-refractivity contribution in [2.45, 2.75) is 0 Å². The average molecular weight is 774 g/mol. The van der Waals surface area contributed by atoms with E-state index in [-0.39, 0.29) is 0 Å². The van der Waals surface area contributed by atoms with Gasteiger partial charge in [-0.1, -0.05) is 188 Å². The third-order valence-electron chi connectivity index (χ3n) is 11.2. The fourth-order valence-electron chi connectivity index (χ4n) is 8.56. The van der Waals surface area contributed by atoms with Gasteiger partial charge in [0.1, 0.15) is 5.82 Å². The van der Waals surface area contributed by atoms with Crippen LogP contribution in [-0.2, 0) is 0 Å². The van der Waals surface area contributed by atoms with Gasteiger partial charge in [-0.2, -0.15) is 0 Å². The molecule has 280 valence electrons. The van der Waals surface area contributed by atoms with Gasteiger partial charge in [-0.25, -0.2) is 9.97 Å². The Morgan fingerprint density at radius 1 is 0.508 bits per heavy atom. The SMILES string of the molecule is N=C1C=Cc2c(n(-c3ccc([Si](c4ccccc4)(c4ccccc4)c4ccccc4)cc3)c3ccccc23)/C1=C/Nc1cc(-c2ccccc2)nc(-c2ccccc2)n1. The number of anilines is 1. The van der Waals surface area contributed by atoms with Gasteiger partial charge in [0.25, 0.3) is 0 Å². The molecule has 0 bridgehead atoms.